The predicted octanol–water partition coefficient (Wildman–Crippen LogP) is 9.91. The molecule has 3 fully saturated rings. The molecule has 0 aromatic carbocycles. The Bertz CT molecular complexity index is 767. The van der Waals surface area contributed by atoms with Gasteiger partial charge in [0.15, 0.2) is 0 Å². The summed E-state index contributed by atoms with van der Waals surface area (Å²) in [6.45, 7) is 14.8. The molecule has 0 aliphatic heterocycles. The van der Waals surface area contributed by atoms with Gasteiger partial charge in [0.25, 0.3) is 0 Å². The van der Waals surface area contributed by atoms with Crippen LogP contribution in [-0.2, 0) is 9.53 Å². The van der Waals surface area contributed by atoms with E-state index in [1.165, 1.54) is 70.6 Å². The molecule has 4 aliphatic carbocycles. The Morgan fingerprint density at radius 1 is 0.972 bits per heavy atom. The molecule has 0 aromatic rings. The molecule has 8 atom stereocenters. The lowest BCUT2D eigenvalue weighted by Crippen LogP contribution is -2.51. The molecular weight excluding hydrogens is 440 g/mol. The highest BCUT2D eigenvalue weighted by Crippen LogP contribution is 2.67. The number of hydrogen-bond acceptors (Lipinski definition) is 2. The van der Waals surface area contributed by atoms with Gasteiger partial charge in [0, 0.05) is 12.8 Å². The molecule has 36 heavy (non-hydrogen) atoms. The Morgan fingerprint density at radius 2 is 1.78 bits per heavy atom. The number of allylic oxidation sites excluding steroid dienone is 1. The van der Waals surface area contributed by atoms with Crippen LogP contribution in [0.1, 0.15) is 144 Å². The van der Waals surface area contributed by atoms with Crippen LogP contribution in [0, 0.1) is 46.3 Å². The molecule has 4 aliphatic rings. The minimum Gasteiger partial charge on any atom is -0.462 e. The van der Waals surface area contributed by atoms with E-state index in [4.69, 9.17) is 4.74 Å². The van der Waals surface area contributed by atoms with Crippen LogP contribution in [0.2, 0.25) is 0 Å². The van der Waals surface area contributed by atoms with E-state index in [1.54, 1.807) is 5.57 Å². The van der Waals surface area contributed by atoms with Gasteiger partial charge in [-0.05, 0) is 97.7 Å². The van der Waals surface area contributed by atoms with Crippen molar-refractivity contribution in [3.05, 3.63) is 11.6 Å². The summed E-state index contributed by atoms with van der Waals surface area (Å²) < 4.78 is 5.99. The van der Waals surface area contributed by atoms with Crippen LogP contribution in [0.25, 0.3) is 0 Å². The zero-order valence-electron chi connectivity index (χ0n) is 24.7. The number of ether oxygens (including phenoxy) is 1. The van der Waals surface area contributed by atoms with Gasteiger partial charge in [-0.15, -0.1) is 0 Å². The highest BCUT2D eigenvalue weighted by atomic mass is 16.5. The van der Waals surface area contributed by atoms with Crippen molar-refractivity contribution in [2.24, 2.45) is 46.3 Å². The summed E-state index contributed by atoms with van der Waals surface area (Å²) in [5.74, 6) is 5.34. The molecule has 0 heterocycles. The lowest BCUT2D eigenvalue weighted by Gasteiger charge is -2.58. The van der Waals surface area contributed by atoms with Crippen LogP contribution in [0.3, 0.4) is 0 Å². The zero-order chi connectivity index (χ0) is 25.9. The van der Waals surface area contributed by atoms with Gasteiger partial charge >= 0.3 is 5.97 Å². The number of carbonyl (C=O) groups is 1. The van der Waals surface area contributed by atoms with Crippen molar-refractivity contribution < 1.29 is 9.53 Å². The van der Waals surface area contributed by atoms with E-state index >= 15 is 0 Å². The van der Waals surface area contributed by atoms with E-state index in [0.717, 1.165) is 61.2 Å². The molecule has 0 bridgehead atoms. The van der Waals surface area contributed by atoms with Crippen molar-refractivity contribution >= 4 is 5.97 Å². The molecule has 0 spiro atoms. The lowest BCUT2D eigenvalue weighted by atomic mass is 9.47. The van der Waals surface area contributed by atoms with E-state index in [2.05, 4.69) is 47.6 Å². The number of rotatable bonds is 11. The molecule has 2 nitrogen and oxygen atoms in total. The van der Waals surface area contributed by atoms with Crippen LogP contribution in [0.15, 0.2) is 11.6 Å². The zero-order valence-corrected chi connectivity index (χ0v) is 24.7. The molecule has 3 saturated carbocycles. The van der Waals surface area contributed by atoms with Crippen molar-refractivity contribution in [2.45, 2.75) is 150 Å². The number of hydrogen-bond donors (Lipinski definition) is 0. The summed E-state index contributed by atoms with van der Waals surface area (Å²) in [7, 11) is 0. The SMILES string of the molecule is CCCCCCC(=O)O[C@H]1CC[C@@]2(C)C(=CC[C@@H]3[C@H]4CC[C@H]([C@H](C)CCCC(C)C)[C@@]4(C)CC[C@@H]32)C1. The Hall–Kier alpha value is -0.790. The number of esters is 1. The lowest BCUT2D eigenvalue weighted by molar-refractivity contribution is -0.151. The molecule has 4 rings (SSSR count). The third-order valence-electron chi connectivity index (χ3n) is 11.8. The number of carbonyl (C=O) groups excluding carboxylic acids is 1. The highest BCUT2D eigenvalue weighted by molar-refractivity contribution is 5.69. The van der Waals surface area contributed by atoms with Gasteiger partial charge in [-0.2, -0.15) is 0 Å². The standard InChI is InChI=1S/C34H58O2/c1-7-8-9-10-14-32(35)36-27-19-21-33(5)26(23-27)15-16-28-30-18-17-29(25(4)13-11-12-24(2)3)34(30,6)22-20-31(28)33/h15,24-25,27-31H,7-14,16-23H2,1-6H3/t25-,27+,28-,29-,30-,31+,33+,34-/m1/s1. The van der Waals surface area contributed by atoms with E-state index in [0.29, 0.717) is 17.3 Å². The maximum absolute atomic E-state index is 12.4. The summed E-state index contributed by atoms with van der Waals surface area (Å²) in [6.07, 6.45) is 22.5. The van der Waals surface area contributed by atoms with Crippen LogP contribution >= 0.6 is 0 Å². The van der Waals surface area contributed by atoms with Crippen molar-refractivity contribution in [3.63, 3.8) is 0 Å². The second-order valence-electron chi connectivity index (χ2n) is 14.5. The first-order valence-electron chi connectivity index (χ1n) is 16.1. The third-order valence-corrected chi connectivity index (χ3v) is 11.8. The van der Waals surface area contributed by atoms with Gasteiger partial charge in [-0.25, -0.2) is 0 Å². The summed E-state index contributed by atoms with van der Waals surface area (Å²) in [5.41, 5.74) is 2.54. The fourth-order valence-electron chi connectivity index (χ4n) is 9.69. The molecule has 0 amide bonds. The van der Waals surface area contributed by atoms with E-state index in [9.17, 15) is 4.79 Å². The Balaban J connectivity index is 1.36. The second kappa shape index (κ2) is 11.9. The van der Waals surface area contributed by atoms with Crippen LogP contribution < -0.4 is 0 Å². The van der Waals surface area contributed by atoms with Gasteiger partial charge in [0.2, 0.25) is 0 Å². The Labute approximate surface area is 223 Å². The minimum absolute atomic E-state index is 0.0435. The first-order chi connectivity index (χ1) is 17.2. The van der Waals surface area contributed by atoms with Gasteiger partial charge in [-0.3, -0.25) is 4.79 Å². The van der Waals surface area contributed by atoms with Gasteiger partial charge in [0.05, 0.1) is 0 Å². The fourth-order valence-corrected chi connectivity index (χ4v) is 9.69. The molecule has 0 radical (unpaired) electrons. The fraction of sp³-hybridized carbons (Fsp3) is 0.912. The van der Waals surface area contributed by atoms with Crippen LogP contribution in [-0.4, -0.2) is 12.1 Å². The average molecular weight is 499 g/mol. The molecule has 0 unspecified atom stereocenters. The summed E-state index contributed by atoms with van der Waals surface area (Å²) in [6, 6.07) is 0. The normalized spacial score (nSPS) is 38.6. The second-order valence-corrected chi connectivity index (χ2v) is 14.5. The molecule has 0 saturated heterocycles. The Morgan fingerprint density at radius 3 is 2.53 bits per heavy atom. The van der Waals surface area contributed by atoms with Crippen molar-refractivity contribution in [3.8, 4) is 0 Å². The topological polar surface area (TPSA) is 26.3 Å². The number of unbranched alkanes of at least 4 members (excludes halogenated alkanes) is 3. The van der Waals surface area contributed by atoms with E-state index in [-0.39, 0.29) is 12.1 Å². The molecule has 206 valence electrons. The third kappa shape index (κ3) is 5.78. The quantitative estimate of drug-likeness (QED) is 0.161. The first-order valence-corrected chi connectivity index (χ1v) is 16.1. The number of fused-ring (bicyclic) bond motifs is 5. The van der Waals surface area contributed by atoms with Gasteiger partial charge < -0.3 is 4.74 Å². The summed E-state index contributed by atoms with van der Waals surface area (Å²) in [4.78, 5) is 12.4. The van der Waals surface area contributed by atoms with E-state index in [1.807, 2.05) is 0 Å². The summed E-state index contributed by atoms with van der Waals surface area (Å²) >= 11 is 0. The molecule has 0 N–H and O–H groups in total. The summed E-state index contributed by atoms with van der Waals surface area (Å²) in [5, 5.41) is 0. The maximum Gasteiger partial charge on any atom is 0.306 e. The first kappa shape index (κ1) is 28.2. The van der Waals surface area contributed by atoms with Gasteiger partial charge in [0.1, 0.15) is 6.10 Å². The molecular formula is C34H58O2. The predicted molar refractivity (Wildman–Crippen MR) is 152 cm³/mol. The maximum atomic E-state index is 12.4. The molecule has 0 aromatic heterocycles. The Kier molecular flexibility index (Phi) is 9.36. The van der Waals surface area contributed by atoms with Crippen molar-refractivity contribution in [1.82, 2.24) is 0 Å². The largest absolute Gasteiger partial charge is 0.462 e. The van der Waals surface area contributed by atoms with E-state index < -0.39 is 0 Å². The average Bonchev–Trinajstić information content (AvgIpc) is 3.19. The van der Waals surface area contributed by atoms with Gasteiger partial charge in [-0.1, -0.05) is 91.7 Å². The van der Waals surface area contributed by atoms with Crippen LogP contribution in [0.5, 0.6) is 0 Å². The smallest absolute Gasteiger partial charge is 0.306 e. The minimum atomic E-state index is 0.0435. The van der Waals surface area contributed by atoms with Crippen LogP contribution in [0.4, 0.5) is 0 Å². The molecule has 2 heteroatoms. The van der Waals surface area contributed by atoms with Crippen molar-refractivity contribution in [1.29, 1.82) is 0 Å². The monoisotopic (exact) mass is 498 g/mol. The van der Waals surface area contributed by atoms with Crippen molar-refractivity contribution in [2.75, 3.05) is 0 Å². The highest BCUT2D eigenvalue weighted by Gasteiger charge is 2.59.